The van der Waals surface area contributed by atoms with Gasteiger partial charge < -0.3 is 20.5 Å². The number of hydrogen-bond donors (Lipinski definition) is 2. The Hall–Kier alpha value is -1.39. The molecule has 0 aliphatic carbocycles. The van der Waals surface area contributed by atoms with Gasteiger partial charge in [-0.05, 0) is 12.1 Å². The maximum Gasteiger partial charge on any atom is 0.390 e. The minimum absolute atomic E-state index is 0. The molecule has 1 aromatic rings. The van der Waals surface area contributed by atoms with E-state index in [1.165, 1.54) is 14.2 Å². The van der Waals surface area contributed by atoms with E-state index < -0.39 is 19.1 Å². The number of methoxy groups -OCH3 is 2. The van der Waals surface area contributed by atoms with E-state index in [1.807, 2.05) is 0 Å². The Morgan fingerprint density at radius 1 is 1.24 bits per heavy atom. The Kier molecular flexibility index (Phi) is 8.22. The molecule has 0 spiro atoms. The van der Waals surface area contributed by atoms with Crippen molar-refractivity contribution >= 4 is 35.6 Å². The summed E-state index contributed by atoms with van der Waals surface area (Å²) in [5.41, 5.74) is 6.03. The van der Waals surface area contributed by atoms with Crippen LogP contribution in [0.2, 0.25) is 0 Å². The average molecular weight is 419 g/mol. The van der Waals surface area contributed by atoms with Crippen molar-refractivity contribution in [2.24, 2.45) is 10.7 Å². The molecule has 0 saturated heterocycles. The number of benzene rings is 1. The van der Waals surface area contributed by atoms with E-state index in [9.17, 15) is 13.2 Å². The Morgan fingerprint density at radius 2 is 1.86 bits per heavy atom. The minimum atomic E-state index is -4.24. The second-order valence-corrected chi connectivity index (χ2v) is 3.83. The van der Waals surface area contributed by atoms with Gasteiger partial charge in [0.2, 0.25) is 0 Å². The van der Waals surface area contributed by atoms with Crippen LogP contribution in [0.1, 0.15) is 6.42 Å². The fourth-order valence-electron chi connectivity index (χ4n) is 1.40. The van der Waals surface area contributed by atoms with Gasteiger partial charge in [-0.25, -0.2) is 0 Å². The van der Waals surface area contributed by atoms with Crippen molar-refractivity contribution in [1.82, 2.24) is 0 Å². The summed E-state index contributed by atoms with van der Waals surface area (Å²) in [7, 11) is 2.97. The third kappa shape index (κ3) is 7.25. The van der Waals surface area contributed by atoms with Gasteiger partial charge in [-0.1, -0.05) is 0 Å². The molecule has 0 aliphatic rings. The fourth-order valence-corrected chi connectivity index (χ4v) is 1.40. The van der Waals surface area contributed by atoms with Crippen LogP contribution in [0.3, 0.4) is 0 Å². The van der Waals surface area contributed by atoms with Crippen LogP contribution < -0.4 is 20.5 Å². The summed E-state index contributed by atoms with van der Waals surface area (Å²) < 4.78 is 46.0. The van der Waals surface area contributed by atoms with Crippen molar-refractivity contribution in [3.05, 3.63) is 18.2 Å². The summed E-state index contributed by atoms with van der Waals surface area (Å²) in [5, 5.41) is 2.68. The molecule has 0 saturated carbocycles. The summed E-state index contributed by atoms with van der Waals surface area (Å²) in [6, 6.07) is 4.89. The molecule has 0 fully saturated rings. The number of guanidine groups is 1. The molecule has 0 heterocycles. The molecule has 21 heavy (non-hydrogen) atoms. The van der Waals surface area contributed by atoms with Gasteiger partial charge in [-0.2, -0.15) is 13.2 Å². The summed E-state index contributed by atoms with van der Waals surface area (Å²) in [4.78, 5) is 3.59. The lowest BCUT2D eigenvalue weighted by Crippen LogP contribution is -2.23. The van der Waals surface area contributed by atoms with Gasteiger partial charge in [-0.15, -0.1) is 24.0 Å². The molecule has 5 nitrogen and oxygen atoms in total. The average Bonchev–Trinajstić information content (AvgIpc) is 2.37. The maximum absolute atomic E-state index is 12.0. The van der Waals surface area contributed by atoms with Crippen molar-refractivity contribution in [2.75, 3.05) is 26.1 Å². The van der Waals surface area contributed by atoms with Crippen LogP contribution in [0.5, 0.6) is 11.5 Å². The SMILES string of the molecule is COc1ccc(NC(N)=NCCC(F)(F)F)cc1OC.I. The van der Waals surface area contributed by atoms with E-state index in [4.69, 9.17) is 15.2 Å². The molecule has 0 bridgehead atoms. The number of rotatable bonds is 5. The highest BCUT2D eigenvalue weighted by Crippen LogP contribution is 2.29. The number of nitrogens with two attached hydrogens (primary N) is 1. The number of ether oxygens (including phenoxy) is 2. The van der Waals surface area contributed by atoms with E-state index in [0.717, 1.165) is 0 Å². The minimum Gasteiger partial charge on any atom is -0.493 e. The van der Waals surface area contributed by atoms with Crippen molar-refractivity contribution in [3.63, 3.8) is 0 Å². The molecule has 0 radical (unpaired) electrons. The van der Waals surface area contributed by atoms with E-state index in [1.54, 1.807) is 18.2 Å². The van der Waals surface area contributed by atoms with Crippen molar-refractivity contribution in [2.45, 2.75) is 12.6 Å². The zero-order chi connectivity index (χ0) is 15.2. The smallest absolute Gasteiger partial charge is 0.390 e. The summed E-state index contributed by atoms with van der Waals surface area (Å²) >= 11 is 0. The van der Waals surface area contributed by atoms with Gasteiger partial charge in [0.05, 0.1) is 27.2 Å². The largest absolute Gasteiger partial charge is 0.493 e. The standard InChI is InChI=1S/C12H16F3N3O2.HI/c1-19-9-4-3-8(7-10(9)20-2)18-11(16)17-6-5-12(13,14)15;/h3-4,7H,5-6H2,1-2H3,(H3,16,17,18);1H. The molecular weight excluding hydrogens is 402 g/mol. The van der Waals surface area contributed by atoms with E-state index in [2.05, 4.69) is 10.3 Å². The molecule has 0 aromatic heterocycles. The van der Waals surface area contributed by atoms with Gasteiger partial charge in [0.1, 0.15) is 0 Å². The Balaban J connectivity index is 0.00000400. The maximum atomic E-state index is 12.0. The van der Waals surface area contributed by atoms with Crippen LogP contribution >= 0.6 is 24.0 Å². The Labute approximate surface area is 137 Å². The lowest BCUT2D eigenvalue weighted by molar-refractivity contribution is -0.132. The first-order valence-electron chi connectivity index (χ1n) is 5.71. The number of aliphatic imine (C=N–C) groups is 1. The van der Waals surface area contributed by atoms with Crippen LogP contribution in [0.15, 0.2) is 23.2 Å². The van der Waals surface area contributed by atoms with Gasteiger partial charge in [0.15, 0.2) is 17.5 Å². The Bertz CT molecular complexity index is 481. The molecule has 0 aliphatic heterocycles. The molecular formula is C12H17F3IN3O2. The lowest BCUT2D eigenvalue weighted by atomic mass is 10.3. The second-order valence-electron chi connectivity index (χ2n) is 3.83. The molecule has 9 heteroatoms. The quantitative estimate of drug-likeness (QED) is 0.438. The molecule has 120 valence electrons. The zero-order valence-corrected chi connectivity index (χ0v) is 13.9. The fraction of sp³-hybridized carbons (Fsp3) is 0.417. The molecule has 0 atom stereocenters. The summed E-state index contributed by atoms with van der Waals surface area (Å²) in [6.45, 7) is -0.421. The molecule has 0 amide bonds. The number of alkyl halides is 3. The lowest BCUT2D eigenvalue weighted by Gasteiger charge is -2.11. The van der Waals surface area contributed by atoms with Crippen LogP contribution in [0.4, 0.5) is 18.9 Å². The van der Waals surface area contributed by atoms with E-state index >= 15 is 0 Å². The van der Waals surface area contributed by atoms with Crippen LogP contribution in [0.25, 0.3) is 0 Å². The highest BCUT2D eigenvalue weighted by Gasteiger charge is 2.26. The van der Waals surface area contributed by atoms with E-state index in [-0.39, 0.29) is 29.9 Å². The highest BCUT2D eigenvalue weighted by atomic mass is 127. The number of halogens is 4. The molecule has 0 unspecified atom stereocenters. The van der Waals surface area contributed by atoms with Crippen molar-refractivity contribution in [3.8, 4) is 11.5 Å². The first-order valence-corrected chi connectivity index (χ1v) is 5.71. The number of nitrogens with one attached hydrogen (secondary N) is 1. The predicted molar refractivity (Wildman–Crippen MR) is 85.7 cm³/mol. The summed E-state index contributed by atoms with van der Waals surface area (Å²) in [5.74, 6) is 0.910. The van der Waals surface area contributed by atoms with Crippen LogP contribution in [0, 0.1) is 0 Å². The Morgan fingerprint density at radius 3 is 2.38 bits per heavy atom. The van der Waals surface area contributed by atoms with E-state index in [0.29, 0.717) is 17.2 Å². The summed E-state index contributed by atoms with van der Waals surface area (Å²) in [6.07, 6.45) is -5.26. The molecule has 1 rings (SSSR count). The predicted octanol–water partition coefficient (Wildman–Crippen LogP) is 3.00. The van der Waals surface area contributed by atoms with Crippen LogP contribution in [-0.4, -0.2) is 32.9 Å². The van der Waals surface area contributed by atoms with Crippen molar-refractivity contribution < 1.29 is 22.6 Å². The second kappa shape index (κ2) is 8.80. The highest BCUT2D eigenvalue weighted by molar-refractivity contribution is 14.0. The topological polar surface area (TPSA) is 68.9 Å². The monoisotopic (exact) mass is 419 g/mol. The number of nitrogens with zero attached hydrogens (tertiary/aromatic N) is 1. The van der Waals surface area contributed by atoms with Gasteiger partial charge in [0.25, 0.3) is 0 Å². The third-order valence-electron chi connectivity index (χ3n) is 2.33. The first kappa shape index (κ1) is 19.6. The van der Waals surface area contributed by atoms with Crippen LogP contribution in [-0.2, 0) is 0 Å². The number of anilines is 1. The third-order valence-corrected chi connectivity index (χ3v) is 2.33. The zero-order valence-electron chi connectivity index (χ0n) is 11.5. The van der Waals surface area contributed by atoms with Gasteiger partial charge in [-0.3, -0.25) is 4.99 Å². The first-order chi connectivity index (χ1) is 9.35. The molecule has 1 aromatic carbocycles. The van der Waals surface area contributed by atoms with Gasteiger partial charge in [0, 0.05) is 11.8 Å². The van der Waals surface area contributed by atoms with Gasteiger partial charge >= 0.3 is 6.18 Å². The normalized spacial score (nSPS) is 11.6. The van der Waals surface area contributed by atoms with Crippen molar-refractivity contribution in [1.29, 1.82) is 0 Å². The number of hydrogen-bond acceptors (Lipinski definition) is 3. The molecule has 3 N–H and O–H groups in total.